The van der Waals surface area contributed by atoms with Gasteiger partial charge in [0.1, 0.15) is 5.82 Å². The van der Waals surface area contributed by atoms with Crippen molar-refractivity contribution in [2.75, 3.05) is 5.43 Å². The summed E-state index contributed by atoms with van der Waals surface area (Å²) in [7, 11) is 0. The number of hydrogen-bond donors (Lipinski definition) is 2. The molecule has 0 amide bonds. The number of anilines is 1. The molecule has 0 atom stereocenters. The number of aromatic nitrogens is 3. The normalized spacial score (nSPS) is 11.1. The molecule has 0 aliphatic carbocycles. The van der Waals surface area contributed by atoms with Crippen molar-refractivity contribution in [1.82, 2.24) is 15.0 Å². The Labute approximate surface area is 104 Å². The first-order valence-electron chi connectivity index (χ1n) is 5.57. The van der Waals surface area contributed by atoms with Gasteiger partial charge < -0.3 is 4.98 Å². The van der Waals surface area contributed by atoms with Crippen LogP contribution in [0.1, 0.15) is 5.82 Å². The van der Waals surface area contributed by atoms with Gasteiger partial charge in [0.05, 0.1) is 17.2 Å². The van der Waals surface area contributed by atoms with Crippen molar-refractivity contribution in [3.05, 3.63) is 54.5 Å². The third-order valence-corrected chi connectivity index (χ3v) is 2.44. The Balaban J connectivity index is 1.76. The molecule has 0 aliphatic heterocycles. The first-order chi connectivity index (χ1) is 8.92. The molecule has 0 saturated heterocycles. The number of aromatic amines is 1. The summed E-state index contributed by atoms with van der Waals surface area (Å²) < 4.78 is 0. The second-order valence-corrected chi connectivity index (χ2v) is 3.72. The summed E-state index contributed by atoms with van der Waals surface area (Å²) in [6.07, 6.45) is 3.34. The van der Waals surface area contributed by atoms with Gasteiger partial charge in [-0.05, 0) is 24.3 Å². The minimum atomic E-state index is 0.699. The average molecular weight is 237 g/mol. The molecule has 0 spiro atoms. The van der Waals surface area contributed by atoms with Crippen molar-refractivity contribution in [2.24, 2.45) is 5.10 Å². The lowest BCUT2D eigenvalue weighted by Gasteiger charge is -1.95. The molecule has 5 nitrogen and oxygen atoms in total. The van der Waals surface area contributed by atoms with Gasteiger partial charge >= 0.3 is 0 Å². The van der Waals surface area contributed by atoms with Crippen molar-refractivity contribution in [1.29, 1.82) is 0 Å². The fraction of sp³-hybridized carbons (Fsp3) is 0. The summed E-state index contributed by atoms with van der Waals surface area (Å²) in [4.78, 5) is 11.6. The molecular formula is C13H11N5. The number of para-hydroxylation sites is 2. The van der Waals surface area contributed by atoms with Crippen molar-refractivity contribution < 1.29 is 0 Å². The Morgan fingerprint density at radius 3 is 2.83 bits per heavy atom. The van der Waals surface area contributed by atoms with Crippen LogP contribution in [-0.4, -0.2) is 21.2 Å². The molecule has 2 N–H and O–H groups in total. The monoisotopic (exact) mass is 237 g/mol. The highest BCUT2D eigenvalue weighted by molar-refractivity contribution is 5.84. The van der Waals surface area contributed by atoms with E-state index in [1.165, 1.54) is 0 Å². The molecule has 0 aliphatic rings. The molecule has 0 bridgehead atoms. The fourth-order valence-corrected chi connectivity index (χ4v) is 1.62. The average Bonchev–Trinajstić information content (AvgIpc) is 2.82. The Kier molecular flexibility index (Phi) is 2.71. The molecule has 2 aromatic heterocycles. The van der Waals surface area contributed by atoms with Gasteiger partial charge in [0, 0.05) is 6.20 Å². The van der Waals surface area contributed by atoms with E-state index < -0.39 is 0 Å². The third kappa shape index (κ3) is 2.20. The van der Waals surface area contributed by atoms with Crippen molar-refractivity contribution in [3.8, 4) is 0 Å². The van der Waals surface area contributed by atoms with Gasteiger partial charge in [0.15, 0.2) is 5.82 Å². The Morgan fingerprint density at radius 2 is 2.00 bits per heavy atom. The van der Waals surface area contributed by atoms with Gasteiger partial charge in [-0.2, -0.15) is 5.10 Å². The van der Waals surface area contributed by atoms with E-state index in [0.717, 1.165) is 11.0 Å². The molecular weight excluding hydrogens is 226 g/mol. The summed E-state index contributed by atoms with van der Waals surface area (Å²) in [5.74, 6) is 1.41. The lowest BCUT2D eigenvalue weighted by molar-refractivity contribution is 1.22. The quantitative estimate of drug-likeness (QED) is 0.543. The van der Waals surface area contributed by atoms with Crippen LogP contribution in [0.15, 0.2) is 53.8 Å². The number of hydrogen-bond acceptors (Lipinski definition) is 4. The van der Waals surface area contributed by atoms with Gasteiger partial charge in [-0.1, -0.05) is 18.2 Å². The summed E-state index contributed by atoms with van der Waals surface area (Å²) in [6, 6.07) is 13.4. The summed E-state index contributed by atoms with van der Waals surface area (Å²) in [5.41, 5.74) is 4.76. The van der Waals surface area contributed by atoms with Crippen LogP contribution in [0.25, 0.3) is 11.0 Å². The molecule has 5 heteroatoms. The third-order valence-electron chi connectivity index (χ3n) is 2.44. The zero-order valence-corrected chi connectivity index (χ0v) is 9.54. The first kappa shape index (κ1) is 10.5. The minimum absolute atomic E-state index is 0.699. The second kappa shape index (κ2) is 4.67. The van der Waals surface area contributed by atoms with Gasteiger partial charge in [0.25, 0.3) is 0 Å². The van der Waals surface area contributed by atoms with E-state index in [4.69, 9.17) is 0 Å². The number of H-pyrrole nitrogens is 1. The van der Waals surface area contributed by atoms with E-state index in [2.05, 4.69) is 25.5 Å². The predicted octanol–water partition coefficient (Wildman–Crippen LogP) is 2.40. The van der Waals surface area contributed by atoms with Crippen LogP contribution in [0.2, 0.25) is 0 Å². The van der Waals surface area contributed by atoms with Crippen molar-refractivity contribution in [3.63, 3.8) is 0 Å². The Morgan fingerprint density at radius 1 is 1.11 bits per heavy atom. The van der Waals surface area contributed by atoms with E-state index in [1.807, 2.05) is 42.5 Å². The maximum absolute atomic E-state index is 4.38. The standard InChI is InChI=1S/C13H11N5/c1-2-6-11-10(5-1)16-13(17-11)9-15-18-12-7-3-4-8-14-12/h1-9H,(H,14,18)(H,16,17). The highest BCUT2D eigenvalue weighted by Gasteiger charge is 1.98. The first-order valence-corrected chi connectivity index (χ1v) is 5.57. The van der Waals surface area contributed by atoms with Crippen LogP contribution < -0.4 is 5.43 Å². The van der Waals surface area contributed by atoms with Gasteiger partial charge in [-0.3, -0.25) is 5.43 Å². The summed E-state index contributed by atoms with van der Waals surface area (Å²) >= 11 is 0. The van der Waals surface area contributed by atoms with Crippen molar-refractivity contribution >= 4 is 23.1 Å². The number of rotatable bonds is 3. The summed E-state index contributed by atoms with van der Waals surface area (Å²) in [5, 5.41) is 4.08. The molecule has 1 aromatic carbocycles. The molecule has 88 valence electrons. The minimum Gasteiger partial charge on any atom is -0.337 e. The van der Waals surface area contributed by atoms with E-state index in [-0.39, 0.29) is 0 Å². The van der Waals surface area contributed by atoms with Crippen LogP contribution in [0.4, 0.5) is 5.82 Å². The van der Waals surface area contributed by atoms with Crippen LogP contribution in [0.3, 0.4) is 0 Å². The van der Waals surface area contributed by atoms with Crippen LogP contribution in [0.5, 0.6) is 0 Å². The van der Waals surface area contributed by atoms with Gasteiger partial charge in [-0.25, -0.2) is 9.97 Å². The number of fused-ring (bicyclic) bond motifs is 1. The largest absolute Gasteiger partial charge is 0.337 e. The number of benzene rings is 1. The number of pyridine rings is 1. The van der Waals surface area contributed by atoms with E-state index in [0.29, 0.717) is 11.6 Å². The Hall–Kier alpha value is -2.69. The zero-order valence-electron chi connectivity index (χ0n) is 9.54. The highest BCUT2D eigenvalue weighted by atomic mass is 15.3. The number of nitrogens with one attached hydrogen (secondary N) is 2. The molecule has 3 aromatic rings. The fourth-order valence-electron chi connectivity index (χ4n) is 1.62. The molecule has 18 heavy (non-hydrogen) atoms. The zero-order chi connectivity index (χ0) is 12.2. The van der Waals surface area contributed by atoms with Crippen LogP contribution in [-0.2, 0) is 0 Å². The molecule has 0 saturated carbocycles. The summed E-state index contributed by atoms with van der Waals surface area (Å²) in [6.45, 7) is 0. The van der Waals surface area contributed by atoms with E-state index in [9.17, 15) is 0 Å². The predicted molar refractivity (Wildman–Crippen MR) is 71.5 cm³/mol. The SMILES string of the molecule is C(=NNc1ccccn1)c1nc2ccccc2[nH]1. The van der Waals surface area contributed by atoms with Crippen LogP contribution >= 0.6 is 0 Å². The number of hydrazone groups is 1. The second-order valence-electron chi connectivity index (χ2n) is 3.72. The lowest BCUT2D eigenvalue weighted by Crippen LogP contribution is -1.93. The van der Waals surface area contributed by atoms with Crippen molar-refractivity contribution in [2.45, 2.75) is 0 Å². The van der Waals surface area contributed by atoms with E-state index >= 15 is 0 Å². The maximum atomic E-state index is 4.38. The lowest BCUT2D eigenvalue weighted by atomic mass is 10.3. The maximum Gasteiger partial charge on any atom is 0.151 e. The smallest absolute Gasteiger partial charge is 0.151 e. The molecule has 0 unspecified atom stereocenters. The van der Waals surface area contributed by atoms with Crippen LogP contribution in [0, 0.1) is 0 Å². The molecule has 0 fully saturated rings. The topological polar surface area (TPSA) is 66.0 Å². The molecule has 0 radical (unpaired) electrons. The molecule has 3 rings (SSSR count). The Bertz CT molecular complexity index is 639. The number of imidazole rings is 1. The van der Waals surface area contributed by atoms with Gasteiger partial charge in [-0.15, -0.1) is 0 Å². The number of nitrogens with zero attached hydrogens (tertiary/aromatic N) is 3. The van der Waals surface area contributed by atoms with E-state index in [1.54, 1.807) is 12.4 Å². The highest BCUT2D eigenvalue weighted by Crippen LogP contribution is 2.09. The van der Waals surface area contributed by atoms with Gasteiger partial charge in [0.2, 0.25) is 0 Å². The molecule has 2 heterocycles.